The SMILES string of the molecule is CC(C)(F)c1ccccc1CCON. The lowest BCUT2D eigenvalue weighted by Crippen LogP contribution is -2.14. The van der Waals surface area contributed by atoms with Gasteiger partial charge in [0.25, 0.3) is 0 Å². The van der Waals surface area contributed by atoms with Crippen LogP contribution in [0.1, 0.15) is 25.0 Å². The van der Waals surface area contributed by atoms with Crippen LogP contribution in [-0.2, 0) is 16.9 Å². The summed E-state index contributed by atoms with van der Waals surface area (Å²) in [4.78, 5) is 4.49. The Morgan fingerprint density at radius 1 is 1.36 bits per heavy atom. The molecular formula is C11H16FNO. The van der Waals surface area contributed by atoms with Gasteiger partial charge in [0.1, 0.15) is 5.67 Å². The summed E-state index contributed by atoms with van der Waals surface area (Å²) in [5, 5.41) is 0. The van der Waals surface area contributed by atoms with Crippen molar-refractivity contribution in [2.45, 2.75) is 25.9 Å². The Bertz CT molecular complexity index is 294. The predicted octanol–water partition coefficient (Wildman–Crippen LogP) is 2.32. The molecule has 0 spiro atoms. The molecule has 0 unspecified atom stereocenters. The first-order valence-corrected chi connectivity index (χ1v) is 4.64. The number of halogens is 1. The maximum atomic E-state index is 13.7. The van der Waals surface area contributed by atoms with Crippen LogP contribution in [0.5, 0.6) is 0 Å². The second-order valence-corrected chi connectivity index (χ2v) is 3.75. The van der Waals surface area contributed by atoms with E-state index in [0.717, 1.165) is 5.56 Å². The van der Waals surface area contributed by atoms with E-state index < -0.39 is 5.67 Å². The molecule has 78 valence electrons. The van der Waals surface area contributed by atoms with Crippen molar-refractivity contribution in [1.29, 1.82) is 0 Å². The van der Waals surface area contributed by atoms with Crippen LogP contribution in [0.3, 0.4) is 0 Å². The Labute approximate surface area is 83.8 Å². The van der Waals surface area contributed by atoms with Crippen LogP contribution in [0, 0.1) is 0 Å². The monoisotopic (exact) mass is 197 g/mol. The minimum Gasteiger partial charge on any atom is -0.304 e. The van der Waals surface area contributed by atoms with Crippen LogP contribution in [-0.4, -0.2) is 6.61 Å². The summed E-state index contributed by atoms with van der Waals surface area (Å²) >= 11 is 0. The minimum atomic E-state index is -1.31. The van der Waals surface area contributed by atoms with Gasteiger partial charge >= 0.3 is 0 Å². The quantitative estimate of drug-likeness (QED) is 0.752. The fourth-order valence-corrected chi connectivity index (χ4v) is 1.49. The normalized spacial score (nSPS) is 11.7. The zero-order valence-corrected chi connectivity index (χ0v) is 8.59. The lowest BCUT2D eigenvalue weighted by atomic mass is 9.93. The molecule has 1 aromatic rings. The summed E-state index contributed by atoms with van der Waals surface area (Å²) in [6.07, 6.45) is 0.639. The van der Waals surface area contributed by atoms with E-state index in [9.17, 15) is 4.39 Å². The van der Waals surface area contributed by atoms with Crippen molar-refractivity contribution in [3.8, 4) is 0 Å². The van der Waals surface area contributed by atoms with E-state index in [1.807, 2.05) is 18.2 Å². The van der Waals surface area contributed by atoms with E-state index >= 15 is 0 Å². The van der Waals surface area contributed by atoms with Crippen LogP contribution in [0.25, 0.3) is 0 Å². The van der Waals surface area contributed by atoms with E-state index in [1.54, 1.807) is 19.9 Å². The Morgan fingerprint density at radius 3 is 2.57 bits per heavy atom. The first-order valence-electron chi connectivity index (χ1n) is 4.64. The molecule has 0 saturated carbocycles. The van der Waals surface area contributed by atoms with Crippen molar-refractivity contribution in [3.63, 3.8) is 0 Å². The van der Waals surface area contributed by atoms with E-state index in [-0.39, 0.29) is 0 Å². The molecule has 0 heterocycles. The minimum absolute atomic E-state index is 0.410. The summed E-state index contributed by atoms with van der Waals surface area (Å²) in [6, 6.07) is 7.42. The van der Waals surface area contributed by atoms with E-state index in [0.29, 0.717) is 18.6 Å². The molecule has 0 aromatic heterocycles. The molecule has 0 saturated heterocycles. The maximum absolute atomic E-state index is 13.7. The van der Waals surface area contributed by atoms with Crippen molar-refractivity contribution in [1.82, 2.24) is 0 Å². The molecule has 1 rings (SSSR count). The molecule has 0 atom stereocenters. The number of benzene rings is 1. The van der Waals surface area contributed by atoms with E-state index in [2.05, 4.69) is 4.84 Å². The fourth-order valence-electron chi connectivity index (χ4n) is 1.49. The lowest BCUT2D eigenvalue weighted by molar-refractivity contribution is 0.140. The van der Waals surface area contributed by atoms with Crippen LogP contribution in [0.15, 0.2) is 24.3 Å². The third kappa shape index (κ3) is 2.79. The predicted molar refractivity (Wildman–Crippen MR) is 54.4 cm³/mol. The Kier molecular flexibility index (Phi) is 3.61. The summed E-state index contributed by atoms with van der Waals surface area (Å²) in [5.41, 5.74) is 0.341. The van der Waals surface area contributed by atoms with Crippen LogP contribution in [0.2, 0.25) is 0 Å². The van der Waals surface area contributed by atoms with Crippen molar-refractivity contribution < 1.29 is 9.23 Å². The molecule has 0 radical (unpaired) electrons. The van der Waals surface area contributed by atoms with Gasteiger partial charge in [0.2, 0.25) is 0 Å². The van der Waals surface area contributed by atoms with Gasteiger partial charge in [-0.3, -0.25) is 0 Å². The highest BCUT2D eigenvalue weighted by Crippen LogP contribution is 2.27. The number of hydrogen-bond donors (Lipinski definition) is 1. The Morgan fingerprint density at radius 2 is 2.00 bits per heavy atom. The average Bonchev–Trinajstić information content (AvgIpc) is 2.14. The second-order valence-electron chi connectivity index (χ2n) is 3.75. The molecule has 0 fully saturated rings. The first kappa shape index (κ1) is 11.1. The number of alkyl halides is 1. The van der Waals surface area contributed by atoms with E-state index in [1.165, 1.54) is 0 Å². The highest BCUT2D eigenvalue weighted by molar-refractivity contribution is 5.31. The first-order chi connectivity index (χ1) is 6.55. The van der Waals surface area contributed by atoms with Crippen LogP contribution < -0.4 is 5.90 Å². The molecule has 14 heavy (non-hydrogen) atoms. The molecule has 2 N–H and O–H groups in total. The molecule has 1 aromatic carbocycles. The molecular weight excluding hydrogens is 181 g/mol. The van der Waals surface area contributed by atoms with Gasteiger partial charge in [0.15, 0.2) is 0 Å². The molecule has 0 bridgehead atoms. The summed E-state index contributed by atoms with van der Waals surface area (Å²) < 4.78 is 13.7. The largest absolute Gasteiger partial charge is 0.304 e. The lowest BCUT2D eigenvalue weighted by Gasteiger charge is -2.18. The van der Waals surface area contributed by atoms with Gasteiger partial charge < -0.3 is 4.84 Å². The van der Waals surface area contributed by atoms with Gasteiger partial charge in [-0.05, 0) is 31.4 Å². The van der Waals surface area contributed by atoms with Gasteiger partial charge in [-0.15, -0.1) is 0 Å². The topological polar surface area (TPSA) is 35.2 Å². The third-order valence-electron chi connectivity index (χ3n) is 2.15. The Balaban J connectivity index is 2.92. The van der Waals surface area contributed by atoms with Crippen LogP contribution in [0.4, 0.5) is 4.39 Å². The van der Waals surface area contributed by atoms with Gasteiger partial charge in [0.05, 0.1) is 6.61 Å². The number of rotatable bonds is 4. The molecule has 0 aliphatic heterocycles. The van der Waals surface area contributed by atoms with Crippen LogP contribution >= 0.6 is 0 Å². The molecule has 0 aliphatic carbocycles. The number of hydrogen-bond acceptors (Lipinski definition) is 2. The van der Waals surface area contributed by atoms with Crippen molar-refractivity contribution in [3.05, 3.63) is 35.4 Å². The van der Waals surface area contributed by atoms with Gasteiger partial charge in [-0.25, -0.2) is 10.3 Å². The smallest absolute Gasteiger partial charge is 0.130 e. The highest BCUT2D eigenvalue weighted by atomic mass is 19.1. The van der Waals surface area contributed by atoms with Crippen molar-refractivity contribution in [2.75, 3.05) is 6.61 Å². The van der Waals surface area contributed by atoms with Crippen molar-refractivity contribution in [2.24, 2.45) is 5.90 Å². The molecule has 2 nitrogen and oxygen atoms in total. The van der Waals surface area contributed by atoms with E-state index in [4.69, 9.17) is 5.90 Å². The zero-order valence-electron chi connectivity index (χ0n) is 8.59. The maximum Gasteiger partial charge on any atom is 0.130 e. The molecule has 0 amide bonds. The van der Waals surface area contributed by atoms with Gasteiger partial charge in [0, 0.05) is 0 Å². The second kappa shape index (κ2) is 4.53. The average molecular weight is 197 g/mol. The molecule has 3 heteroatoms. The Hall–Kier alpha value is -0.930. The summed E-state index contributed by atoms with van der Waals surface area (Å²) in [7, 11) is 0. The summed E-state index contributed by atoms with van der Waals surface area (Å²) in [6.45, 7) is 3.51. The number of nitrogens with two attached hydrogens (primary N) is 1. The third-order valence-corrected chi connectivity index (χ3v) is 2.15. The standard InChI is InChI=1S/C11H16FNO/c1-11(2,12)10-6-4-3-5-9(10)7-8-14-13/h3-6H,7-8,13H2,1-2H3. The van der Waals surface area contributed by atoms with Crippen molar-refractivity contribution >= 4 is 0 Å². The highest BCUT2D eigenvalue weighted by Gasteiger charge is 2.21. The fraction of sp³-hybridized carbons (Fsp3) is 0.455. The van der Waals surface area contributed by atoms with Gasteiger partial charge in [-0.2, -0.15) is 0 Å². The zero-order chi connectivity index (χ0) is 10.6. The summed E-state index contributed by atoms with van der Waals surface area (Å²) in [5.74, 6) is 4.94. The van der Waals surface area contributed by atoms with Gasteiger partial charge in [-0.1, -0.05) is 24.3 Å². The molecule has 0 aliphatic rings.